The molecule has 2 aromatic rings. The molecule has 1 heterocycles. The van der Waals surface area contributed by atoms with Gasteiger partial charge in [0.05, 0.1) is 12.8 Å². The van der Waals surface area contributed by atoms with Crippen LogP contribution in [0.1, 0.15) is 17.9 Å². The number of aryl methyl sites for hydroxylation is 2. The number of nitrogens with zero attached hydrogens (tertiary/aromatic N) is 1. The molecule has 0 radical (unpaired) electrons. The lowest BCUT2D eigenvalue weighted by Gasteiger charge is -2.13. The van der Waals surface area contributed by atoms with Crippen LogP contribution >= 0.6 is 0 Å². The smallest absolute Gasteiger partial charge is 0.242 e. The summed E-state index contributed by atoms with van der Waals surface area (Å²) in [4.78, 5) is 27.2. The maximum absolute atomic E-state index is 11.9. The fourth-order valence-electron chi connectivity index (χ4n) is 2.13. The van der Waals surface area contributed by atoms with Gasteiger partial charge < -0.3 is 20.2 Å². The minimum atomic E-state index is -0.838. The molecule has 7 nitrogen and oxygen atoms in total. The van der Waals surface area contributed by atoms with Gasteiger partial charge in [0.2, 0.25) is 11.8 Å². The first-order valence-electron chi connectivity index (χ1n) is 7.59. The molecule has 0 saturated carbocycles. The van der Waals surface area contributed by atoms with Crippen molar-refractivity contribution in [3.05, 3.63) is 41.9 Å². The van der Waals surface area contributed by atoms with E-state index in [1.807, 2.05) is 31.2 Å². The number of amides is 2. The molecule has 0 saturated heterocycles. The molecule has 7 heteroatoms. The van der Waals surface area contributed by atoms with Gasteiger partial charge in [-0.3, -0.25) is 9.59 Å². The van der Waals surface area contributed by atoms with Crippen LogP contribution in [0.15, 0.2) is 34.9 Å². The molecule has 0 unspecified atom stereocenters. The molecule has 2 rings (SSSR count). The molecular formula is C17H21N3O4. The van der Waals surface area contributed by atoms with Crippen molar-refractivity contribution in [3.63, 3.8) is 0 Å². The van der Waals surface area contributed by atoms with Crippen molar-refractivity contribution in [1.82, 2.24) is 10.3 Å². The van der Waals surface area contributed by atoms with Crippen molar-refractivity contribution in [3.8, 4) is 11.3 Å². The third-order valence-electron chi connectivity index (χ3n) is 3.47. The summed E-state index contributed by atoms with van der Waals surface area (Å²) in [6.45, 7) is 2.05. The van der Waals surface area contributed by atoms with E-state index in [2.05, 4.69) is 10.3 Å². The number of hydrogen-bond acceptors (Lipinski definition) is 5. The summed E-state index contributed by atoms with van der Waals surface area (Å²) in [5.74, 6) is 0.164. The second-order valence-electron chi connectivity index (χ2n) is 5.46. The van der Waals surface area contributed by atoms with Gasteiger partial charge in [-0.1, -0.05) is 29.8 Å². The molecule has 0 aliphatic heterocycles. The van der Waals surface area contributed by atoms with E-state index in [1.54, 1.807) is 6.20 Å². The normalized spacial score (nSPS) is 11.9. The number of primary amides is 1. The highest BCUT2D eigenvalue weighted by Gasteiger charge is 2.18. The van der Waals surface area contributed by atoms with E-state index in [0.29, 0.717) is 18.1 Å². The van der Waals surface area contributed by atoms with E-state index in [1.165, 1.54) is 7.11 Å². The SMILES string of the molecule is COC[C@H](NC(=O)CCc1ncc(-c2ccc(C)cc2)o1)C(N)=O. The van der Waals surface area contributed by atoms with Gasteiger partial charge in [-0.05, 0) is 6.92 Å². The second kappa shape index (κ2) is 8.26. The topological polar surface area (TPSA) is 107 Å². The van der Waals surface area contributed by atoms with Crippen LogP contribution in [0.3, 0.4) is 0 Å². The van der Waals surface area contributed by atoms with Gasteiger partial charge in [0.25, 0.3) is 0 Å². The highest BCUT2D eigenvalue weighted by Crippen LogP contribution is 2.21. The van der Waals surface area contributed by atoms with E-state index in [9.17, 15) is 9.59 Å². The zero-order chi connectivity index (χ0) is 17.5. The van der Waals surface area contributed by atoms with Crippen molar-refractivity contribution < 1.29 is 18.7 Å². The summed E-state index contributed by atoms with van der Waals surface area (Å²) in [6.07, 6.45) is 2.10. The second-order valence-corrected chi connectivity index (χ2v) is 5.46. The Morgan fingerprint density at radius 1 is 1.33 bits per heavy atom. The fraction of sp³-hybridized carbons (Fsp3) is 0.353. The van der Waals surface area contributed by atoms with Crippen molar-refractivity contribution in [1.29, 1.82) is 0 Å². The Bertz CT molecular complexity index is 694. The number of carbonyl (C=O) groups excluding carboxylic acids is 2. The number of oxazole rings is 1. The van der Waals surface area contributed by atoms with E-state index in [0.717, 1.165) is 11.1 Å². The molecule has 0 aliphatic rings. The zero-order valence-electron chi connectivity index (χ0n) is 13.7. The number of benzene rings is 1. The number of nitrogens with two attached hydrogens (primary N) is 1. The molecule has 0 fully saturated rings. The van der Waals surface area contributed by atoms with E-state index in [-0.39, 0.29) is 18.9 Å². The van der Waals surface area contributed by atoms with Gasteiger partial charge in [-0.25, -0.2) is 4.98 Å². The van der Waals surface area contributed by atoms with Crippen LogP contribution in [0.5, 0.6) is 0 Å². The van der Waals surface area contributed by atoms with E-state index < -0.39 is 11.9 Å². The first-order valence-corrected chi connectivity index (χ1v) is 7.59. The third-order valence-corrected chi connectivity index (χ3v) is 3.47. The average Bonchev–Trinajstić information content (AvgIpc) is 3.02. The molecule has 24 heavy (non-hydrogen) atoms. The Morgan fingerprint density at radius 2 is 2.04 bits per heavy atom. The number of hydrogen-bond donors (Lipinski definition) is 2. The lowest BCUT2D eigenvalue weighted by atomic mass is 10.1. The first-order chi connectivity index (χ1) is 11.5. The first kappa shape index (κ1) is 17.7. The molecule has 128 valence electrons. The predicted octanol–water partition coefficient (Wildman–Crippen LogP) is 1.20. The van der Waals surface area contributed by atoms with Crippen LogP contribution in [-0.2, 0) is 20.7 Å². The molecule has 1 aromatic heterocycles. The van der Waals surface area contributed by atoms with Gasteiger partial charge >= 0.3 is 0 Å². The molecule has 0 aliphatic carbocycles. The van der Waals surface area contributed by atoms with Crippen molar-refractivity contribution >= 4 is 11.8 Å². The van der Waals surface area contributed by atoms with Gasteiger partial charge in [-0.15, -0.1) is 0 Å². The Kier molecular flexibility index (Phi) is 6.08. The molecule has 1 aromatic carbocycles. The molecule has 2 amide bonds. The molecular weight excluding hydrogens is 310 g/mol. The number of rotatable bonds is 8. The lowest BCUT2D eigenvalue weighted by Crippen LogP contribution is -2.47. The number of nitrogens with one attached hydrogen (secondary N) is 1. The number of aromatic nitrogens is 1. The van der Waals surface area contributed by atoms with Gasteiger partial charge in [-0.2, -0.15) is 0 Å². The minimum Gasteiger partial charge on any atom is -0.441 e. The maximum atomic E-state index is 11.9. The highest BCUT2D eigenvalue weighted by atomic mass is 16.5. The zero-order valence-corrected chi connectivity index (χ0v) is 13.7. The molecule has 0 bridgehead atoms. The van der Waals surface area contributed by atoms with Crippen molar-refractivity contribution in [2.75, 3.05) is 13.7 Å². The number of ether oxygens (including phenoxy) is 1. The maximum Gasteiger partial charge on any atom is 0.242 e. The lowest BCUT2D eigenvalue weighted by molar-refractivity contribution is -0.128. The Hall–Kier alpha value is -2.67. The number of methoxy groups -OCH3 is 1. The van der Waals surface area contributed by atoms with Gasteiger partial charge in [0.1, 0.15) is 6.04 Å². The summed E-state index contributed by atoms with van der Waals surface area (Å²) in [5.41, 5.74) is 7.28. The van der Waals surface area contributed by atoms with Crippen LogP contribution in [0.2, 0.25) is 0 Å². The molecule has 0 spiro atoms. The van der Waals surface area contributed by atoms with Crippen molar-refractivity contribution in [2.45, 2.75) is 25.8 Å². The minimum absolute atomic E-state index is 0.0393. The number of carbonyl (C=O) groups is 2. The monoisotopic (exact) mass is 331 g/mol. The van der Waals surface area contributed by atoms with Crippen LogP contribution in [0.4, 0.5) is 0 Å². The van der Waals surface area contributed by atoms with Crippen LogP contribution < -0.4 is 11.1 Å². The standard InChI is InChI=1S/C17H21N3O4/c1-11-3-5-12(6-4-11)14-9-19-16(24-14)8-7-15(21)20-13(10-23-2)17(18)22/h3-6,9,13H,7-8,10H2,1-2H3,(H2,18,22)(H,20,21)/t13-/m0/s1. The molecule has 3 N–H and O–H groups in total. The van der Waals surface area contributed by atoms with Crippen LogP contribution in [-0.4, -0.2) is 36.6 Å². The van der Waals surface area contributed by atoms with Crippen molar-refractivity contribution in [2.24, 2.45) is 5.73 Å². The average molecular weight is 331 g/mol. The summed E-state index contributed by atoms with van der Waals surface area (Å²) < 4.78 is 10.5. The fourth-order valence-corrected chi connectivity index (χ4v) is 2.13. The Labute approximate surface area is 140 Å². The van der Waals surface area contributed by atoms with Crippen LogP contribution in [0.25, 0.3) is 11.3 Å². The summed E-state index contributed by atoms with van der Waals surface area (Å²) in [5, 5.41) is 2.52. The van der Waals surface area contributed by atoms with E-state index >= 15 is 0 Å². The largest absolute Gasteiger partial charge is 0.441 e. The van der Waals surface area contributed by atoms with Gasteiger partial charge in [0.15, 0.2) is 11.7 Å². The Balaban J connectivity index is 1.89. The summed E-state index contributed by atoms with van der Waals surface area (Å²) >= 11 is 0. The third kappa shape index (κ3) is 4.92. The Morgan fingerprint density at radius 3 is 2.67 bits per heavy atom. The summed E-state index contributed by atoms with van der Waals surface area (Å²) in [6, 6.07) is 7.05. The summed E-state index contributed by atoms with van der Waals surface area (Å²) in [7, 11) is 1.43. The predicted molar refractivity (Wildman–Crippen MR) is 88.0 cm³/mol. The molecule has 1 atom stereocenters. The van der Waals surface area contributed by atoms with Crippen LogP contribution in [0, 0.1) is 6.92 Å². The quantitative estimate of drug-likeness (QED) is 0.756. The van der Waals surface area contributed by atoms with Gasteiger partial charge in [0, 0.05) is 25.5 Å². The highest BCUT2D eigenvalue weighted by molar-refractivity contribution is 5.86. The van der Waals surface area contributed by atoms with E-state index in [4.69, 9.17) is 14.9 Å².